The van der Waals surface area contributed by atoms with E-state index in [4.69, 9.17) is 9.47 Å². The standard InChI is InChI=1S/C19H20O4.CH4/c1-19(2,3)23-18(21)13-22-16-9-6-8-14(11-16)17-10-5-4-7-15(17)12-20;/h4-12H,13H2,1-3H3;1H4. The number of ether oxygens (including phenoxy) is 2. The third-order valence-electron chi connectivity index (χ3n) is 3.01. The Labute approximate surface area is 143 Å². The van der Waals surface area contributed by atoms with Crippen molar-refractivity contribution in [3.8, 4) is 16.9 Å². The van der Waals surface area contributed by atoms with Crippen molar-refractivity contribution < 1.29 is 19.1 Å². The molecule has 0 unspecified atom stereocenters. The lowest BCUT2D eigenvalue weighted by Crippen LogP contribution is -2.27. The first-order valence-corrected chi connectivity index (χ1v) is 7.38. The van der Waals surface area contributed by atoms with Crippen LogP contribution in [0, 0.1) is 0 Å². The topological polar surface area (TPSA) is 52.6 Å². The van der Waals surface area contributed by atoms with Crippen molar-refractivity contribution in [3.05, 3.63) is 54.1 Å². The second-order valence-corrected chi connectivity index (χ2v) is 6.11. The molecule has 2 aromatic rings. The average Bonchev–Trinajstić information content (AvgIpc) is 2.51. The molecule has 0 atom stereocenters. The summed E-state index contributed by atoms with van der Waals surface area (Å²) in [6, 6.07) is 14.6. The predicted molar refractivity (Wildman–Crippen MR) is 95.3 cm³/mol. The first-order valence-electron chi connectivity index (χ1n) is 7.38. The maximum Gasteiger partial charge on any atom is 0.344 e. The molecule has 24 heavy (non-hydrogen) atoms. The van der Waals surface area contributed by atoms with Gasteiger partial charge in [-0.1, -0.05) is 43.8 Å². The molecule has 0 bridgehead atoms. The summed E-state index contributed by atoms with van der Waals surface area (Å²) in [7, 11) is 0. The molecule has 0 heterocycles. The van der Waals surface area contributed by atoms with Gasteiger partial charge in [0, 0.05) is 5.56 Å². The number of hydrogen-bond donors (Lipinski definition) is 0. The lowest BCUT2D eigenvalue weighted by molar-refractivity contribution is -0.157. The van der Waals surface area contributed by atoms with E-state index < -0.39 is 11.6 Å². The molecule has 0 aromatic heterocycles. The maximum atomic E-state index is 11.7. The number of hydrogen-bond acceptors (Lipinski definition) is 4. The van der Waals surface area contributed by atoms with E-state index in [1.807, 2.05) is 51.1 Å². The summed E-state index contributed by atoms with van der Waals surface area (Å²) in [6.07, 6.45) is 0.823. The molecule has 0 spiro atoms. The number of carbonyl (C=O) groups excluding carboxylic acids is 2. The summed E-state index contributed by atoms with van der Waals surface area (Å²) in [5, 5.41) is 0. The Morgan fingerprint density at radius 1 is 1.08 bits per heavy atom. The van der Waals surface area contributed by atoms with Gasteiger partial charge in [-0.25, -0.2) is 4.79 Å². The first-order chi connectivity index (χ1) is 10.9. The van der Waals surface area contributed by atoms with Crippen molar-refractivity contribution >= 4 is 12.3 Å². The fourth-order valence-electron chi connectivity index (χ4n) is 2.13. The highest BCUT2D eigenvalue weighted by molar-refractivity contribution is 5.87. The molecular formula is C20H24O4. The van der Waals surface area contributed by atoms with E-state index >= 15 is 0 Å². The van der Waals surface area contributed by atoms with Crippen LogP contribution in [-0.4, -0.2) is 24.5 Å². The Balaban J connectivity index is 0.00000288. The van der Waals surface area contributed by atoms with Crippen LogP contribution in [0.1, 0.15) is 38.6 Å². The highest BCUT2D eigenvalue weighted by Crippen LogP contribution is 2.26. The molecule has 0 fully saturated rings. The van der Waals surface area contributed by atoms with E-state index in [2.05, 4.69) is 0 Å². The maximum absolute atomic E-state index is 11.7. The van der Waals surface area contributed by atoms with Crippen LogP contribution in [0.3, 0.4) is 0 Å². The fourth-order valence-corrected chi connectivity index (χ4v) is 2.13. The zero-order valence-electron chi connectivity index (χ0n) is 13.5. The molecule has 0 saturated heterocycles. The SMILES string of the molecule is C.CC(C)(C)OC(=O)COc1cccc(-c2ccccc2C=O)c1. The van der Waals surface area contributed by atoms with Gasteiger partial charge in [0.2, 0.25) is 0 Å². The molecule has 0 aliphatic carbocycles. The van der Waals surface area contributed by atoms with Crippen LogP contribution in [0.4, 0.5) is 0 Å². The molecule has 0 amide bonds. The fraction of sp³-hybridized carbons (Fsp3) is 0.300. The van der Waals surface area contributed by atoms with Crippen LogP contribution in [0.5, 0.6) is 5.75 Å². The summed E-state index contributed by atoms with van der Waals surface area (Å²) < 4.78 is 10.7. The largest absolute Gasteiger partial charge is 0.482 e. The van der Waals surface area contributed by atoms with Gasteiger partial charge in [0.15, 0.2) is 12.9 Å². The predicted octanol–water partition coefficient (Wildman–Crippen LogP) is 4.52. The molecule has 2 rings (SSSR count). The number of esters is 1. The summed E-state index contributed by atoms with van der Waals surface area (Å²) in [6.45, 7) is 5.27. The van der Waals surface area contributed by atoms with Gasteiger partial charge in [-0.15, -0.1) is 0 Å². The molecule has 128 valence electrons. The Hall–Kier alpha value is -2.62. The van der Waals surface area contributed by atoms with Crippen molar-refractivity contribution in [3.63, 3.8) is 0 Å². The van der Waals surface area contributed by atoms with Gasteiger partial charge in [0.05, 0.1) is 0 Å². The molecule has 0 aliphatic rings. The first kappa shape index (κ1) is 19.4. The summed E-state index contributed by atoms with van der Waals surface area (Å²) in [5.74, 6) is 0.130. The monoisotopic (exact) mass is 328 g/mol. The van der Waals surface area contributed by atoms with E-state index in [1.54, 1.807) is 18.2 Å². The Kier molecular flexibility index (Phi) is 6.71. The second kappa shape index (κ2) is 8.29. The highest BCUT2D eigenvalue weighted by atomic mass is 16.6. The Morgan fingerprint density at radius 2 is 1.79 bits per heavy atom. The third-order valence-corrected chi connectivity index (χ3v) is 3.01. The second-order valence-electron chi connectivity index (χ2n) is 6.11. The lowest BCUT2D eigenvalue weighted by Gasteiger charge is -2.19. The van der Waals surface area contributed by atoms with Crippen molar-refractivity contribution in [2.24, 2.45) is 0 Å². The Morgan fingerprint density at radius 3 is 2.46 bits per heavy atom. The van der Waals surface area contributed by atoms with Gasteiger partial charge in [0.1, 0.15) is 11.4 Å². The van der Waals surface area contributed by atoms with Crippen molar-refractivity contribution in [2.45, 2.75) is 33.8 Å². The molecule has 4 nitrogen and oxygen atoms in total. The smallest absolute Gasteiger partial charge is 0.344 e. The van der Waals surface area contributed by atoms with Gasteiger partial charge in [-0.2, -0.15) is 0 Å². The molecule has 0 saturated carbocycles. The summed E-state index contributed by atoms with van der Waals surface area (Å²) in [5.41, 5.74) is 1.75. The van der Waals surface area contributed by atoms with Crippen LogP contribution in [0.25, 0.3) is 11.1 Å². The number of benzene rings is 2. The van der Waals surface area contributed by atoms with Crippen LogP contribution in [0.2, 0.25) is 0 Å². The van der Waals surface area contributed by atoms with Crippen LogP contribution < -0.4 is 4.74 Å². The molecule has 2 aromatic carbocycles. The van der Waals surface area contributed by atoms with Gasteiger partial charge < -0.3 is 9.47 Å². The molecule has 0 N–H and O–H groups in total. The van der Waals surface area contributed by atoms with E-state index in [-0.39, 0.29) is 14.0 Å². The normalized spacial score (nSPS) is 10.5. The van der Waals surface area contributed by atoms with Gasteiger partial charge in [0.25, 0.3) is 0 Å². The zero-order valence-corrected chi connectivity index (χ0v) is 13.5. The molecule has 0 aliphatic heterocycles. The zero-order chi connectivity index (χ0) is 16.9. The highest BCUT2D eigenvalue weighted by Gasteiger charge is 2.16. The average molecular weight is 328 g/mol. The van der Waals surface area contributed by atoms with Gasteiger partial charge >= 0.3 is 5.97 Å². The van der Waals surface area contributed by atoms with E-state index in [9.17, 15) is 9.59 Å². The summed E-state index contributed by atoms with van der Waals surface area (Å²) in [4.78, 5) is 22.8. The van der Waals surface area contributed by atoms with Crippen molar-refractivity contribution in [1.82, 2.24) is 0 Å². The minimum atomic E-state index is -0.537. The summed E-state index contributed by atoms with van der Waals surface area (Å²) >= 11 is 0. The number of rotatable bonds is 5. The number of aldehydes is 1. The minimum Gasteiger partial charge on any atom is -0.482 e. The third kappa shape index (κ3) is 5.54. The molecular weight excluding hydrogens is 304 g/mol. The van der Waals surface area contributed by atoms with Crippen LogP contribution in [0.15, 0.2) is 48.5 Å². The Bertz CT molecular complexity index is 699. The quantitative estimate of drug-likeness (QED) is 0.598. The van der Waals surface area contributed by atoms with E-state index in [0.29, 0.717) is 11.3 Å². The van der Waals surface area contributed by atoms with E-state index in [0.717, 1.165) is 17.4 Å². The minimum absolute atomic E-state index is 0. The lowest BCUT2D eigenvalue weighted by atomic mass is 10.0. The van der Waals surface area contributed by atoms with Crippen LogP contribution >= 0.6 is 0 Å². The molecule has 4 heteroatoms. The van der Waals surface area contributed by atoms with Gasteiger partial charge in [-0.3, -0.25) is 4.79 Å². The van der Waals surface area contributed by atoms with Crippen molar-refractivity contribution in [1.29, 1.82) is 0 Å². The van der Waals surface area contributed by atoms with E-state index in [1.165, 1.54) is 0 Å². The number of carbonyl (C=O) groups is 2. The van der Waals surface area contributed by atoms with Crippen LogP contribution in [-0.2, 0) is 9.53 Å². The van der Waals surface area contributed by atoms with Gasteiger partial charge in [-0.05, 0) is 44.0 Å². The van der Waals surface area contributed by atoms with Crippen molar-refractivity contribution in [2.75, 3.05) is 6.61 Å². The molecule has 0 radical (unpaired) electrons.